The third-order valence-electron chi connectivity index (χ3n) is 2.11. The molecular weight excluding hydrogens is 194 g/mol. The molecule has 0 amide bonds. The van der Waals surface area contributed by atoms with Crippen LogP contribution in [0.15, 0.2) is 6.33 Å². The van der Waals surface area contributed by atoms with Crippen LogP contribution in [0.4, 0.5) is 0 Å². The van der Waals surface area contributed by atoms with Gasteiger partial charge in [0.1, 0.15) is 18.2 Å². The summed E-state index contributed by atoms with van der Waals surface area (Å²) in [5, 5.41) is 16.6. The van der Waals surface area contributed by atoms with Crippen LogP contribution in [-0.2, 0) is 11.2 Å². The van der Waals surface area contributed by atoms with Crippen LogP contribution in [0.3, 0.4) is 0 Å². The summed E-state index contributed by atoms with van der Waals surface area (Å²) in [5.74, 6) is -0.151. The van der Waals surface area contributed by atoms with E-state index in [2.05, 4.69) is 31.0 Å². The van der Waals surface area contributed by atoms with E-state index in [1.807, 2.05) is 0 Å². The molecule has 1 aromatic heterocycles. The largest absolute Gasteiger partial charge is 0.480 e. The first kappa shape index (κ1) is 11.7. The lowest BCUT2D eigenvalue weighted by atomic mass is 9.92. The van der Waals surface area contributed by atoms with E-state index < -0.39 is 12.0 Å². The molecule has 0 aliphatic rings. The Hall–Kier alpha value is -1.39. The van der Waals surface area contributed by atoms with Crippen LogP contribution in [0.25, 0.3) is 0 Å². The Kier molecular flexibility index (Phi) is 3.12. The Morgan fingerprint density at radius 3 is 2.67 bits per heavy atom. The molecule has 0 aliphatic carbocycles. The summed E-state index contributed by atoms with van der Waals surface area (Å²) in [4.78, 5) is 10.8. The molecule has 0 aliphatic heterocycles. The van der Waals surface area contributed by atoms with Crippen molar-refractivity contribution in [3.8, 4) is 0 Å². The van der Waals surface area contributed by atoms with Crippen molar-refractivity contribution >= 4 is 5.97 Å². The minimum absolute atomic E-state index is 0.0724. The Bertz CT molecular complexity index is 352. The molecule has 1 heterocycles. The molecule has 0 bridgehead atoms. The number of carbonyl (C=O) groups is 1. The van der Waals surface area contributed by atoms with Gasteiger partial charge in [0.15, 0.2) is 0 Å². The second-order valence-corrected chi connectivity index (χ2v) is 4.91. The normalized spacial score (nSPS) is 13.9. The summed E-state index contributed by atoms with van der Waals surface area (Å²) in [6.07, 6.45) is 2.18. The standard InChI is InChI=1S/C10H17N3O2/c1-7(9(14)15)13-6-11-12-8(13)5-10(2,3)4/h6-7H,5H2,1-4H3,(H,14,15). The molecule has 1 N–H and O–H groups in total. The summed E-state index contributed by atoms with van der Waals surface area (Å²) in [6.45, 7) is 7.87. The number of hydrogen-bond donors (Lipinski definition) is 1. The van der Waals surface area contributed by atoms with Crippen LogP contribution >= 0.6 is 0 Å². The predicted octanol–water partition coefficient (Wildman–Crippen LogP) is 1.51. The van der Waals surface area contributed by atoms with Crippen LogP contribution in [0.5, 0.6) is 0 Å². The zero-order valence-corrected chi connectivity index (χ0v) is 9.56. The summed E-state index contributed by atoms with van der Waals surface area (Å²) in [7, 11) is 0. The molecule has 1 aromatic rings. The Balaban J connectivity index is 2.92. The second kappa shape index (κ2) is 4.00. The van der Waals surface area contributed by atoms with Crippen molar-refractivity contribution in [3.05, 3.63) is 12.2 Å². The molecule has 5 heteroatoms. The van der Waals surface area contributed by atoms with Gasteiger partial charge in [0, 0.05) is 6.42 Å². The van der Waals surface area contributed by atoms with Crippen molar-refractivity contribution in [1.29, 1.82) is 0 Å². The number of rotatable bonds is 3. The molecular formula is C10H17N3O2. The third kappa shape index (κ3) is 3.04. The van der Waals surface area contributed by atoms with Gasteiger partial charge in [-0.05, 0) is 12.3 Å². The van der Waals surface area contributed by atoms with Gasteiger partial charge in [-0.15, -0.1) is 10.2 Å². The molecule has 1 unspecified atom stereocenters. The maximum Gasteiger partial charge on any atom is 0.326 e. The Morgan fingerprint density at radius 1 is 1.60 bits per heavy atom. The van der Waals surface area contributed by atoms with E-state index in [0.29, 0.717) is 6.42 Å². The molecule has 0 saturated carbocycles. The molecule has 0 aromatic carbocycles. The summed E-state index contributed by atoms with van der Waals surface area (Å²) in [6, 6.07) is -0.614. The van der Waals surface area contributed by atoms with E-state index in [1.54, 1.807) is 11.5 Å². The number of aromatic nitrogens is 3. The number of carboxylic acids is 1. The van der Waals surface area contributed by atoms with Gasteiger partial charge in [-0.25, -0.2) is 4.79 Å². The van der Waals surface area contributed by atoms with Gasteiger partial charge in [-0.2, -0.15) is 0 Å². The molecule has 1 rings (SSSR count). The smallest absolute Gasteiger partial charge is 0.326 e. The maximum absolute atomic E-state index is 10.8. The molecule has 15 heavy (non-hydrogen) atoms. The van der Waals surface area contributed by atoms with Crippen molar-refractivity contribution in [2.45, 2.75) is 40.2 Å². The second-order valence-electron chi connectivity index (χ2n) is 4.91. The minimum Gasteiger partial charge on any atom is -0.480 e. The van der Waals surface area contributed by atoms with Crippen molar-refractivity contribution < 1.29 is 9.90 Å². The van der Waals surface area contributed by atoms with E-state index in [0.717, 1.165) is 5.82 Å². The zero-order valence-electron chi connectivity index (χ0n) is 9.56. The maximum atomic E-state index is 10.8. The highest BCUT2D eigenvalue weighted by Gasteiger charge is 2.21. The fourth-order valence-corrected chi connectivity index (χ4v) is 1.31. The first-order valence-corrected chi connectivity index (χ1v) is 4.92. The van der Waals surface area contributed by atoms with Gasteiger partial charge in [0.05, 0.1) is 0 Å². The number of nitrogens with zero attached hydrogens (tertiary/aromatic N) is 3. The fourth-order valence-electron chi connectivity index (χ4n) is 1.31. The van der Waals surface area contributed by atoms with Gasteiger partial charge in [0.2, 0.25) is 0 Å². The molecule has 0 fully saturated rings. The topological polar surface area (TPSA) is 68.0 Å². The van der Waals surface area contributed by atoms with E-state index in [4.69, 9.17) is 5.11 Å². The van der Waals surface area contributed by atoms with Crippen LogP contribution < -0.4 is 0 Å². The molecule has 5 nitrogen and oxygen atoms in total. The van der Waals surface area contributed by atoms with Crippen LogP contribution in [0.1, 0.15) is 39.6 Å². The molecule has 0 spiro atoms. The van der Waals surface area contributed by atoms with Gasteiger partial charge in [-0.1, -0.05) is 20.8 Å². The van der Waals surface area contributed by atoms with Crippen molar-refractivity contribution in [2.75, 3.05) is 0 Å². The number of hydrogen-bond acceptors (Lipinski definition) is 3. The Morgan fingerprint density at radius 2 is 2.20 bits per heavy atom. The van der Waals surface area contributed by atoms with Crippen molar-refractivity contribution in [3.63, 3.8) is 0 Å². The molecule has 84 valence electrons. The fraction of sp³-hybridized carbons (Fsp3) is 0.700. The van der Waals surface area contributed by atoms with Crippen molar-refractivity contribution in [1.82, 2.24) is 14.8 Å². The van der Waals surface area contributed by atoms with Crippen LogP contribution in [0.2, 0.25) is 0 Å². The van der Waals surface area contributed by atoms with Gasteiger partial charge in [-0.3, -0.25) is 0 Å². The van der Waals surface area contributed by atoms with E-state index in [1.165, 1.54) is 6.33 Å². The lowest BCUT2D eigenvalue weighted by Gasteiger charge is -2.19. The first-order valence-electron chi connectivity index (χ1n) is 4.92. The predicted molar refractivity (Wildman–Crippen MR) is 55.5 cm³/mol. The number of carboxylic acid groups (broad SMARTS) is 1. The number of aliphatic carboxylic acids is 1. The van der Waals surface area contributed by atoms with Crippen LogP contribution in [0, 0.1) is 5.41 Å². The van der Waals surface area contributed by atoms with E-state index in [-0.39, 0.29) is 5.41 Å². The van der Waals surface area contributed by atoms with Gasteiger partial charge in [0.25, 0.3) is 0 Å². The van der Waals surface area contributed by atoms with Crippen molar-refractivity contribution in [2.24, 2.45) is 5.41 Å². The average Bonchev–Trinajstić information content (AvgIpc) is 2.47. The molecule has 0 saturated heterocycles. The van der Waals surface area contributed by atoms with Gasteiger partial charge >= 0.3 is 5.97 Å². The Labute approximate surface area is 89.1 Å². The summed E-state index contributed by atoms with van der Waals surface area (Å²) in [5.41, 5.74) is 0.0724. The average molecular weight is 211 g/mol. The summed E-state index contributed by atoms with van der Waals surface area (Å²) >= 11 is 0. The highest BCUT2D eigenvalue weighted by Crippen LogP contribution is 2.20. The quantitative estimate of drug-likeness (QED) is 0.822. The first-order chi connectivity index (χ1) is 6.81. The summed E-state index contributed by atoms with van der Waals surface area (Å²) < 4.78 is 1.60. The zero-order chi connectivity index (χ0) is 11.6. The van der Waals surface area contributed by atoms with Crippen LogP contribution in [-0.4, -0.2) is 25.8 Å². The minimum atomic E-state index is -0.870. The molecule has 1 atom stereocenters. The SMILES string of the molecule is CC(C(=O)O)n1cnnc1CC(C)(C)C. The monoisotopic (exact) mass is 211 g/mol. The molecule has 0 radical (unpaired) electrons. The lowest BCUT2D eigenvalue weighted by Crippen LogP contribution is -2.20. The lowest BCUT2D eigenvalue weighted by molar-refractivity contribution is -0.140. The van der Waals surface area contributed by atoms with E-state index in [9.17, 15) is 4.79 Å². The van der Waals surface area contributed by atoms with E-state index >= 15 is 0 Å². The highest BCUT2D eigenvalue weighted by atomic mass is 16.4. The van der Waals surface area contributed by atoms with Gasteiger partial charge < -0.3 is 9.67 Å². The third-order valence-corrected chi connectivity index (χ3v) is 2.11. The highest BCUT2D eigenvalue weighted by molar-refractivity contribution is 5.71.